The maximum absolute atomic E-state index is 11.1. The maximum Gasteiger partial charge on any atom is 0.338 e. The van der Waals surface area contributed by atoms with Crippen LogP contribution in [0.15, 0.2) is 65.7 Å². The van der Waals surface area contributed by atoms with E-state index in [1.165, 1.54) is 14.2 Å². The van der Waals surface area contributed by atoms with E-state index in [2.05, 4.69) is 9.47 Å². The normalized spacial score (nSPS) is 14.5. The van der Waals surface area contributed by atoms with Crippen molar-refractivity contribution < 1.29 is 36.4 Å². The number of carbonyl (C=O) groups excluding carboxylic acids is 1. The van der Waals surface area contributed by atoms with Gasteiger partial charge in [0.2, 0.25) is 0 Å². The van der Waals surface area contributed by atoms with Crippen LogP contribution < -0.4 is 0 Å². The number of allylic oxidation sites excluding steroid dienone is 3. The van der Waals surface area contributed by atoms with Crippen molar-refractivity contribution in [2.24, 2.45) is 0 Å². The molecule has 0 heterocycles. The number of rotatable bonds is 2. The van der Waals surface area contributed by atoms with Gasteiger partial charge in [-0.2, -0.15) is 18.2 Å². The van der Waals surface area contributed by atoms with Crippen LogP contribution in [0.2, 0.25) is 0 Å². The molecule has 0 aromatic heterocycles. The van der Waals surface area contributed by atoms with E-state index in [1.54, 1.807) is 18.2 Å². The average molecular weight is 303 g/mol. The molecular formula is C14H15FeO4-. The summed E-state index contributed by atoms with van der Waals surface area (Å²) in [6.45, 7) is 0. The van der Waals surface area contributed by atoms with Gasteiger partial charge in [0.15, 0.2) is 0 Å². The first kappa shape index (κ1) is 17.2. The molecule has 1 aliphatic rings. The Morgan fingerprint density at radius 2 is 1.84 bits per heavy atom. The number of hydrogen-bond donors (Lipinski definition) is 1. The third-order valence-corrected chi connectivity index (χ3v) is 2.20. The number of methoxy groups -OCH3 is 2. The van der Waals surface area contributed by atoms with Crippen LogP contribution in [0.25, 0.3) is 0 Å². The predicted octanol–water partition coefficient (Wildman–Crippen LogP) is 2.47. The summed E-state index contributed by atoms with van der Waals surface area (Å²) in [7, 11) is 2.60. The summed E-state index contributed by atoms with van der Waals surface area (Å²) in [6, 6.07) is 10.0. The maximum atomic E-state index is 11.1. The van der Waals surface area contributed by atoms with Gasteiger partial charge in [-0.3, -0.25) is 0 Å². The SMILES string of the molecule is COC(=O)C1=CC=C/C1=C(/O)OC.[Fe].c1cc[cH-]c1. The van der Waals surface area contributed by atoms with E-state index in [0.717, 1.165) is 0 Å². The minimum atomic E-state index is -0.497. The Morgan fingerprint density at radius 1 is 1.21 bits per heavy atom. The Bertz CT molecular complexity index is 452. The quantitative estimate of drug-likeness (QED) is 0.395. The molecule has 0 fully saturated rings. The smallest absolute Gasteiger partial charge is 0.338 e. The van der Waals surface area contributed by atoms with Crippen molar-refractivity contribution in [3.63, 3.8) is 0 Å². The van der Waals surface area contributed by atoms with Crippen molar-refractivity contribution in [2.45, 2.75) is 0 Å². The second kappa shape index (κ2) is 9.14. The number of esters is 1. The summed E-state index contributed by atoms with van der Waals surface area (Å²) >= 11 is 0. The molecule has 1 aromatic rings. The first-order valence-corrected chi connectivity index (χ1v) is 5.31. The van der Waals surface area contributed by atoms with Gasteiger partial charge in [0.25, 0.3) is 5.95 Å². The van der Waals surface area contributed by atoms with Gasteiger partial charge >= 0.3 is 5.97 Å². The van der Waals surface area contributed by atoms with Gasteiger partial charge in [0, 0.05) is 17.1 Å². The van der Waals surface area contributed by atoms with Crippen molar-refractivity contribution in [1.29, 1.82) is 0 Å². The van der Waals surface area contributed by atoms with E-state index in [0.29, 0.717) is 11.1 Å². The molecule has 1 N–H and O–H groups in total. The van der Waals surface area contributed by atoms with Crippen molar-refractivity contribution in [1.82, 2.24) is 0 Å². The van der Waals surface area contributed by atoms with E-state index < -0.39 is 5.97 Å². The fourth-order valence-corrected chi connectivity index (χ4v) is 1.33. The molecule has 0 unspecified atom stereocenters. The van der Waals surface area contributed by atoms with Crippen LogP contribution in [-0.4, -0.2) is 25.3 Å². The van der Waals surface area contributed by atoms with Crippen molar-refractivity contribution in [3.05, 3.63) is 65.7 Å². The number of aliphatic hydroxyl groups is 1. The van der Waals surface area contributed by atoms with Crippen LogP contribution >= 0.6 is 0 Å². The van der Waals surface area contributed by atoms with E-state index in [1.807, 2.05) is 30.3 Å². The molecule has 4 nitrogen and oxygen atoms in total. The Hall–Kier alpha value is -1.84. The van der Waals surface area contributed by atoms with Crippen molar-refractivity contribution >= 4 is 5.97 Å². The third-order valence-electron chi connectivity index (χ3n) is 2.20. The first-order chi connectivity index (χ1) is 8.70. The zero-order valence-corrected chi connectivity index (χ0v) is 11.7. The predicted molar refractivity (Wildman–Crippen MR) is 67.9 cm³/mol. The molecule has 104 valence electrons. The monoisotopic (exact) mass is 303 g/mol. The minimum absolute atomic E-state index is 0. The second-order valence-corrected chi connectivity index (χ2v) is 3.32. The summed E-state index contributed by atoms with van der Waals surface area (Å²) in [5.41, 5.74) is 0.635. The van der Waals surface area contributed by atoms with Crippen LogP contribution in [0, 0.1) is 0 Å². The molecule has 0 aliphatic heterocycles. The molecule has 0 bridgehead atoms. The van der Waals surface area contributed by atoms with Crippen molar-refractivity contribution in [2.75, 3.05) is 14.2 Å². The second-order valence-electron chi connectivity index (χ2n) is 3.32. The van der Waals surface area contributed by atoms with E-state index in [9.17, 15) is 9.90 Å². The van der Waals surface area contributed by atoms with Gasteiger partial charge < -0.3 is 14.6 Å². The van der Waals surface area contributed by atoms with Gasteiger partial charge in [0.1, 0.15) is 0 Å². The third kappa shape index (κ3) is 5.12. The fourth-order valence-electron chi connectivity index (χ4n) is 1.33. The van der Waals surface area contributed by atoms with Crippen LogP contribution in [0.4, 0.5) is 0 Å². The number of hydrogen-bond acceptors (Lipinski definition) is 4. The zero-order valence-electron chi connectivity index (χ0n) is 10.6. The van der Waals surface area contributed by atoms with E-state index in [-0.39, 0.29) is 23.0 Å². The van der Waals surface area contributed by atoms with Gasteiger partial charge in [-0.1, -0.05) is 6.08 Å². The topological polar surface area (TPSA) is 55.8 Å². The molecule has 5 heteroatoms. The van der Waals surface area contributed by atoms with Gasteiger partial charge in [0.05, 0.1) is 25.4 Å². The Balaban J connectivity index is 0.000000454. The molecule has 2 rings (SSSR count). The summed E-state index contributed by atoms with van der Waals surface area (Å²) < 4.78 is 9.11. The Labute approximate surface area is 122 Å². The van der Waals surface area contributed by atoms with Gasteiger partial charge in [-0.15, -0.1) is 0 Å². The summed E-state index contributed by atoms with van der Waals surface area (Å²) in [4.78, 5) is 11.1. The molecule has 0 saturated carbocycles. The molecule has 0 saturated heterocycles. The van der Waals surface area contributed by atoms with E-state index >= 15 is 0 Å². The summed E-state index contributed by atoms with van der Waals surface area (Å²) in [6.07, 6.45) is 4.76. The molecular weight excluding hydrogens is 288 g/mol. The molecule has 19 heavy (non-hydrogen) atoms. The standard InChI is InChI=1S/C9H10O4.C5H5.Fe/c1-12-8(10)6-4-3-5-7(6)9(11)13-2;1-2-4-5-3-1;/h3-5,10H,1-2H3;1-5H;/q;-1;/b8-6+;;. The van der Waals surface area contributed by atoms with Crippen LogP contribution in [-0.2, 0) is 31.3 Å². The minimum Gasteiger partial charge on any atom is -0.481 e. The molecule has 0 radical (unpaired) electrons. The molecule has 1 aliphatic carbocycles. The van der Waals surface area contributed by atoms with Crippen molar-refractivity contribution in [3.8, 4) is 0 Å². The van der Waals surface area contributed by atoms with Crippen LogP contribution in [0.3, 0.4) is 0 Å². The summed E-state index contributed by atoms with van der Waals surface area (Å²) in [5, 5.41) is 9.23. The molecule has 0 atom stereocenters. The van der Waals surface area contributed by atoms with Gasteiger partial charge in [-0.25, -0.2) is 16.9 Å². The number of ether oxygens (including phenoxy) is 2. The van der Waals surface area contributed by atoms with Gasteiger partial charge in [-0.05, 0) is 12.2 Å². The van der Waals surface area contributed by atoms with E-state index in [4.69, 9.17) is 0 Å². The Kier molecular flexibility index (Phi) is 8.25. The average Bonchev–Trinajstić information content (AvgIpc) is 3.09. The zero-order chi connectivity index (χ0) is 13.4. The molecule has 0 spiro atoms. The molecule has 1 aromatic carbocycles. The first-order valence-electron chi connectivity index (χ1n) is 5.31. The van der Waals surface area contributed by atoms with Crippen LogP contribution in [0.5, 0.6) is 0 Å². The molecule has 0 amide bonds. The largest absolute Gasteiger partial charge is 0.481 e. The fraction of sp³-hybridized carbons (Fsp3) is 0.143. The Morgan fingerprint density at radius 3 is 2.26 bits per heavy atom. The van der Waals surface area contributed by atoms with Crippen LogP contribution in [0.1, 0.15) is 0 Å². The summed E-state index contributed by atoms with van der Waals surface area (Å²) in [5.74, 6) is -0.783. The number of aliphatic hydroxyl groups excluding tert-OH is 1. The number of carbonyl (C=O) groups is 1.